The maximum atomic E-state index is 11.7. The Morgan fingerprint density at radius 1 is 1.31 bits per heavy atom. The highest BCUT2D eigenvalue weighted by molar-refractivity contribution is 5.70. The zero-order valence-corrected chi connectivity index (χ0v) is 17.2. The maximum absolute atomic E-state index is 11.7. The largest absolute Gasteiger partial charge is 0.481 e. The third kappa shape index (κ3) is 5.92. The molecule has 0 radical (unpaired) electrons. The molecular weight excluding hydrogens is 366 g/mol. The van der Waals surface area contributed by atoms with Crippen LogP contribution in [-0.4, -0.2) is 45.8 Å². The average Bonchev–Trinajstić information content (AvgIpc) is 3.24. The van der Waals surface area contributed by atoms with E-state index in [0.29, 0.717) is 31.8 Å². The summed E-state index contributed by atoms with van der Waals surface area (Å²) in [4.78, 5) is 23.9. The lowest BCUT2D eigenvalue weighted by atomic mass is 9.93. The number of amides is 1. The molecule has 1 aromatic heterocycles. The number of aliphatic carboxylic acids is 1. The molecule has 2 aromatic rings. The van der Waals surface area contributed by atoms with Crippen LogP contribution < -0.4 is 0 Å². The van der Waals surface area contributed by atoms with Gasteiger partial charge in [0.2, 0.25) is 6.41 Å². The molecule has 0 spiro atoms. The van der Waals surface area contributed by atoms with Crippen LogP contribution in [0.2, 0.25) is 0 Å². The molecule has 1 aromatic carbocycles. The van der Waals surface area contributed by atoms with Gasteiger partial charge in [-0.25, -0.2) is 0 Å². The van der Waals surface area contributed by atoms with Crippen molar-refractivity contribution in [2.75, 3.05) is 13.6 Å². The first-order valence-corrected chi connectivity index (χ1v) is 10.6. The monoisotopic (exact) mass is 397 g/mol. The van der Waals surface area contributed by atoms with Crippen LogP contribution in [0.3, 0.4) is 0 Å². The predicted octanol–water partition coefficient (Wildman–Crippen LogP) is 4.17. The van der Waals surface area contributed by atoms with Crippen LogP contribution in [-0.2, 0) is 16.0 Å². The van der Waals surface area contributed by atoms with Crippen molar-refractivity contribution in [3.63, 3.8) is 0 Å². The van der Waals surface area contributed by atoms with Gasteiger partial charge in [-0.15, -0.1) is 0 Å². The Bertz CT molecular complexity index is 811. The number of carbonyl (C=O) groups excluding carboxylic acids is 1. The Balaban J connectivity index is 1.65. The molecule has 0 saturated heterocycles. The molecule has 1 aliphatic carbocycles. The quantitative estimate of drug-likeness (QED) is 0.611. The summed E-state index contributed by atoms with van der Waals surface area (Å²) in [6.45, 7) is 0.577. The smallest absolute Gasteiger partial charge is 0.306 e. The summed E-state index contributed by atoms with van der Waals surface area (Å²) in [5.41, 5.74) is 3.18. The Hall–Kier alpha value is -2.63. The number of carboxylic acid groups (broad SMARTS) is 1. The van der Waals surface area contributed by atoms with E-state index >= 15 is 0 Å². The van der Waals surface area contributed by atoms with E-state index in [1.165, 1.54) is 32.1 Å². The highest BCUT2D eigenvalue weighted by Gasteiger charge is 2.19. The summed E-state index contributed by atoms with van der Waals surface area (Å²) >= 11 is 0. The van der Waals surface area contributed by atoms with Crippen LogP contribution in [0.25, 0.3) is 11.1 Å². The number of carboxylic acids is 1. The van der Waals surface area contributed by atoms with E-state index in [9.17, 15) is 14.7 Å². The summed E-state index contributed by atoms with van der Waals surface area (Å²) < 4.78 is 2.10. The van der Waals surface area contributed by atoms with Gasteiger partial charge in [-0.05, 0) is 43.2 Å². The minimum atomic E-state index is -0.783. The summed E-state index contributed by atoms with van der Waals surface area (Å²) in [6.07, 6.45) is 12.8. The van der Waals surface area contributed by atoms with E-state index < -0.39 is 11.9 Å². The number of aromatic nitrogens is 2. The van der Waals surface area contributed by atoms with Gasteiger partial charge in [0.15, 0.2) is 0 Å². The first-order chi connectivity index (χ1) is 14.1. The summed E-state index contributed by atoms with van der Waals surface area (Å²) in [7, 11) is 1.71. The number of rotatable bonds is 10. The summed E-state index contributed by atoms with van der Waals surface area (Å²) in [5, 5.41) is 14.2. The Kier molecular flexibility index (Phi) is 7.44. The van der Waals surface area contributed by atoms with Gasteiger partial charge in [0, 0.05) is 25.4 Å². The van der Waals surface area contributed by atoms with E-state index in [1.807, 2.05) is 18.3 Å². The van der Waals surface area contributed by atoms with Crippen molar-refractivity contribution in [1.82, 2.24) is 14.7 Å². The molecule has 1 atom stereocenters. The van der Waals surface area contributed by atoms with Gasteiger partial charge in [0.1, 0.15) is 0 Å². The van der Waals surface area contributed by atoms with Crippen LogP contribution in [0, 0.1) is 5.92 Å². The molecule has 1 N–H and O–H groups in total. The number of hydrogen-bond donors (Lipinski definition) is 1. The van der Waals surface area contributed by atoms with Gasteiger partial charge in [-0.1, -0.05) is 43.5 Å². The molecule has 1 fully saturated rings. The van der Waals surface area contributed by atoms with Gasteiger partial charge in [-0.3, -0.25) is 14.3 Å². The summed E-state index contributed by atoms with van der Waals surface area (Å²) in [5.74, 6) is -1.23. The van der Waals surface area contributed by atoms with E-state index in [4.69, 9.17) is 0 Å². The van der Waals surface area contributed by atoms with Gasteiger partial charge in [0.05, 0.1) is 18.2 Å². The molecule has 1 aliphatic rings. The molecule has 1 unspecified atom stereocenters. The minimum Gasteiger partial charge on any atom is -0.481 e. The second-order valence-electron chi connectivity index (χ2n) is 8.17. The Morgan fingerprint density at radius 3 is 2.83 bits per heavy atom. The zero-order chi connectivity index (χ0) is 20.6. The fourth-order valence-electron chi connectivity index (χ4n) is 4.15. The van der Waals surface area contributed by atoms with Crippen LogP contribution in [0.15, 0.2) is 36.7 Å². The number of hydrogen-bond acceptors (Lipinski definition) is 3. The highest BCUT2D eigenvalue weighted by atomic mass is 16.4. The molecule has 6 heteroatoms. The normalized spacial score (nSPS) is 15.8. The van der Waals surface area contributed by atoms with Crippen molar-refractivity contribution in [3.8, 4) is 11.1 Å². The molecule has 1 heterocycles. The van der Waals surface area contributed by atoms with Crippen molar-refractivity contribution >= 4 is 12.4 Å². The van der Waals surface area contributed by atoms with Crippen LogP contribution in [0.4, 0.5) is 0 Å². The molecule has 1 amide bonds. The van der Waals surface area contributed by atoms with Gasteiger partial charge in [-0.2, -0.15) is 5.10 Å². The minimum absolute atomic E-state index is 0.449. The van der Waals surface area contributed by atoms with E-state index in [0.717, 1.165) is 23.1 Å². The number of benzene rings is 1. The van der Waals surface area contributed by atoms with Crippen LogP contribution in [0.1, 0.15) is 56.6 Å². The SMILES string of the molecule is CN(C=O)CCCC(Cc1cccc(-c2cnn(C3CCCCC3)c2)c1)C(=O)O. The zero-order valence-electron chi connectivity index (χ0n) is 17.2. The van der Waals surface area contributed by atoms with E-state index in [-0.39, 0.29) is 0 Å². The molecule has 29 heavy (non-hydrogen) atoms. The third-order valence-corrected chi connectivity index (χ3v) is 5.89. The Labute approximate surface area is 172 Å². The fourth-order valence-corrected chi connectivity index (χ4v) is 4.15. The predicted molar refractivity (Wildman–Crippen MR) is 113 cm³/mol. The molecule has 1 saturated carbocycles. The third-order valence-electron chi connectivity index (χ3n) is 5.89. The molecule has 0 bridgehead atoms. The Morgan fingerprint density at radius 2 is 2.10 bits per heavy atom. The van der Waals surface area contributed by atoms with Crippen molar-refractivity contribution < 1.29 is 14.7 Å². The topological polar surface area (TPSA) is 75.4 Å². The lowest BCUT2D eigenvalue weighted by Gasteiger charge is -2.21. The summed E-state index contributed by atoms with van der Waals surface area (Å²) in [6, 6.07) is 8.61. The van der Waals surface area contributed by atoms with E-state index in [2.05, 4.69) is 28.1 Å². The van der Waals surface area contributed by atoms with Gasteiger partial charge < -0.3 is 10.0 Å². The van der Waals surface area contributed by atoms with Crippen LogP contribution >= 0.6 is 0 Å². The molecular formula is C23H31N3O3. The van der Waals surface area contributed by atoms with Crippen molar-refractivity contribution in [3.05, 3.63) is 42.2 Å². The van der Waals surface area contributed by atoms with Gasteiger partial charge in [0.25, 0.3) is 0 Å². The molecule has 156 valence electrons. The van der Waals surface area contributed by atoms with Crippen molar-refractivity contribution in [2.45, 2.75) is 57.4 Å². The van der Waals surface area contributed by atoms with Crippen LogP contribution in [0.5, 0.6) is 0 Å². The second kappa shape index (κ2) is 10.2. The maximum Gasteiger partial charge on any atom is 0.306 e. The number of nitrogens with zero attached hydrogens (tertiary/aromatic N) is 3. The lowest BCUT2D eigenvalue weighted by molar-refractivity contribution is -0.142. The molecule has 6 nitrogen and oxygen atoms in total. The molecule has 3 rings (SSSR count). The first-order valence-electron chi connectivity index (χ1n) is 10.6. The second-order valence-corrected chi connectivity index (χ2v) is 8.17. The van der Waals surface area contributed by atoms with Gasteiger partial charge >= 0.3 is 5.97 Å². The van der Waals surface area contributed by atoms with E-state index in [1.54, 1.807) is 11.9 Å². The average molecular weight is 398 g/mol. The van der Waals surface area contributed by atoms with Crippen molar-refractivity contribution in [1.29, 1.82) is 0 Å². The highest BCUT2D eigenvalue weighted by Crippen LogP contribution is 2.29. The number of carbonyl (C=O) groups is 2. The molecule has 0 aliphatic heterocycles. The standard InChI is InChI=1S/C23H31N3O3/c1-25(17-27)12-6-9-20(23(28)29)14-18-7-5-8-19(13-18)21-15-24-26(16-21)22-10-3-2-4-11-22/h5,7-8,13,15-17,20,22H,2-4,6,9-12,14H2,1H3,(H,28,29). The first kappa shape index (κ1) is 21.1. The fraction of sp³-hybridized carbons (Fsp3) is 0.522. The lowest BCUT2D eigenvalue weighted by Crippen LogP contribution is -2.21. The van der Waals surface area contributed by atoms with Crippen molar-refractivity contribution in [2.24, 2.45) is 5.92 Å².